The number of ether oxygens (including phenoxy) is 4. The maximum Gasteiger partial charge on any atom is 0.423 e. The molecule has 0 radical (unpaired) electrons. The van der Waals surface area contributed by atoms with Gasteiger partial charge >= 0.3 is 23.9 Å². The smallest absolute Gasteiger partial charge is 0.423 e. The Morgan fingerprint density at radius 3 is 1.17 bits per heavy atom. The van der Waals surface area contributed by atoms with Crippen molar-refractivity contribution in [1.29, 1.82) is 0 Å². The molecule has 0 aliphatic rings. The highest BCUT2D eigenvalue weighted by Gasteiger charge is 2.33. The fourth-order valence-electron chi connectivity index (χ4n) is 4.54. The molecule has 0 N–H and O–H groups in total. The summed E-state index contributed by atoms with van der Waals surface area (Å²) in [4.78, 5) is 52.3. The highest BCUT2D eigenvalue weighted by molar-refractivity contribution is 6.47. The molecule has 2 aromatic carbocycles. The Kier molecular flexibility index (Phi) is 16.2. The number of rotatable bonds is 14. The predicted octanol–water partition coefficient (Wildman–Crippen LogP) is 10.6. The number of esters is 4. The van der Waals surface area contributed by atoms with E-state index in [1.165, 1.54) is 0 Å². The summed E-state index contributed by atoms with van der Waals surface area (Å²) in [5.41, 5.74) is -0.939. The van der Waals surface area contributed by atoms with Crippen LogP contribution in [-0.2, 0) is 19.1 Å². The molecule has 0 saturated carbocycles. The van der Waals surface area contributed by atoms with Gasteiger partial charge in [-0.3, -0.25) is 0 Å². The molecular formula is C32H36Cl6O8. The molecule has 0 bridgehead atoms. The molecule has 0 spiro atoms. The van der Waals surface area contributed by atoms with Crippen LogP contribution in [-0.4, -0.2) is 37.1 Å². The maximum absolute atomic E-state index is 13.2. The molecule has 0 amide bonds. The number of halogens is 6. The number of carbonyl (C=O) groups is 4. The number of hydrogen-bond acceptors (Lipinski definition) is 8. The van der Waals surface area contributed by atoms with Crippen molar-refractivity contribution in [2.24, 2.45) is 23.7 Å². The van der Waals surface area contributed by atoms with Crippen LogP contribution in [0.5, 0.6) is 11.5 Å². The average molecular weight is 761 g/mol. The summed E-state index contributed by atoms with van der Waals surface area (Å²) in [6, 6.07) is 2.24. The summed E-state index contributed by atoms with van der Waals surface area (Å²) in [5, 5.41) is -1.52. The highest BCUT2D eigenvalue weighted by Crippen LogP contribution is 2.42. The van der Waals surface area contributed by atoms with Gasteiger partial charge in [-0.15, -0.1) is 0 Å². The first-order valence-electron chi connectivity index (χ1n) is 14.8. The predicted molar refractivity (Wildman–Crippen MR) is 181 cm³/mol. The second-order valence-electron chi connectivity index (χ2n) is 10.8. The zero-order valence-corrected chi connectivity index (χ0v) is 30.8. The molecule has 0 aliphatic heterocycles. The van der Waals surface area contributed by atoms with E-state index >= 15 is 0 Å². The van der Waals surface area contributed by atoms with Crippen molar-refractivity contribution >= 4 is 93.5 Å². The lowest BCUT2D eigenvalue weighted by atomic mass is 9.90. The third-order valence-electron chi connectivity index (χ3n) is 8.02. The largest absolute Gasteiger partial charge is 0.462 e. The van der Waals surface area contributed by atoms with E-state index in [0.29, 0.717) is 0 Å². The maximum atomic E-state index is 13.2. The SMILES string of the molecule is CCC(C)C(CC)COC(=O)c1c(Cl)c(Cl)cc(Cl)c1OC(=O)C(=O)Oc1c(Cl)cc(Cl)c(Cl)c1C(=O)OCC(CC)C(C)CC. The first-order chi connectivity index (χ1) is 21.6. The molecule has 0 heterocycles. The Morgan fingerprint density at radius 2 is 0.891 bits per heavy atom. The fraction of sp³-hybridized carbons (Fsp3) is 0.500. The van der Waals surface area contributed by atoms with Crippen molar-refractivity contribution in [3.63, 3.8) is 0 Å². The molecule has 0 fully saturated rings. The van der Waals surface area contributed by atoms with Crippen molar-refractivity contribution in [2.45, 2.75) is 67.2 Å². The van der Waals surface area contributed by atoms with E-state index in [0.717, 1.165) is 37.8 Å². The van der Waals surface area contributed by atoms with Crippen molar-refractivity contribution in [3.05, 3.63) is 53.4 Å². The summed E-state index contributed by atoms with van der Waals surface area (Å²) in [6.07, 6.45) is 3.21. The second-order valence-corrected chi connectivity index (χ2v) is 13.2. The molecule has 0 aliphatic carbocycles. The summed E-state index contributed by atoms with van der Waals surface area (Å²) in [7, 11) is 0. The second kappa shape index (κ2) is 18.6. The van der Waals surface area contributed by atoms with E-state index in [2.05, 4.69) is 0 Å². The standard InChI is InChI=1S/C32H36Cl6O8/c1-7-15(5)17(9-3)13-43-29(39)23-25(37)19(33)11-21(35)27(23)45-31(41)32(42)46-28-22(36)12-20(34)26(38)24(28)30(40)44-14-18(10-4)16(6)8-2/h11-12,15-18H,7-10,13-14H2,1-6H3. The summed E-state index contributed by atoms with van der Waals surface area (Å²) < 4.78 is 21.3. The minimum Gasteiger partial charge on any atom is -0.462 e. The zero-order chi connectivity index (χ0) is 34.9. The molecule has 8 nitrogen and oxygen atoms in total. The normalized spacial score (nSPS) is 13.7. The highest BCUT2D eigenvalue weighted by atomic mass is 35.5. The average Bonchev–Trinajstić information content (AvgIpc) is 3.02. The number of hydrogen-bond donors (Lipinski definition) is 0. The van der Waals surface area contributed by atoms with Gasteiger partial charge in [0.15, 0.2) is 11.5 Å². The van der Waals surface area contributed by atoms with Gasteiger partial charge in [0.1, 0.15) is 11.1 Å². The van der Waals surface area contributed by atoms with Crippen LogP contribution in [0, 0.1) is 23.7 Å². The zero-order valence-electron chi connectivity index (χ0n) is 26.2. The van der Waals surface area contributed by atoms with Gasteiger partial charge in [-0.1, -0.05) is 124 Å². The van der Waals surface area contributed by atoms with Crippen LogP contribution < -0.4 is 9.47 Å². The molecule has 0 saturated heterocycles. The molecule has 46 heavy (non-hydrogen) atoms. The van der Waals surface area contributed by atoms with Crippen LogP contribution in [0.1, 0.15) is 87.9 Å². The van der Waals surface area contributed by atoms with Crippen LogP contribution in [0.25, 0.3) is 0 Å². The lowest BCUT2D eigenvalue weighted by Gasteiger charge is -2.22. The number of carbonyl (C=O) groups excluding carboxylic acids is 4. The van der Waals surface area contributed by atoms with Crippen LogP contribution in [0.15, 0.2) is 12.1 Å². The van der Waals surface area contributed by atoms with Gasteiger partial charge in [0.25, 0.3) is 0 Å². The van der Waals surface area contributed by atoms with Crippen LogP contribution in [0.4, 0.5) is 0 Å². The molecule has 0 aromatic heterocycles. The van der Waals surface area contributed by atoms with E-state index in [9.17, 15) is 19.2 Å². The van der Waals surface area contributed by atoms with Gasteiger partial charge in [0.05, 0.1) is 43.3 Å². The first kappa shape index (κ1) is 40.2. The quantitative estimate of drug-likeness (QED) is 0.0811. The Morgan fingerprint density at radius 1 is 0.565 bits per heavy atom. The minimum absolute atomic E-state index is 0.0445. The van der Waals surface area contributed by atoms with E-state index in [-0.39, 0.29) is 67.0 Å². The first-order valence-corrected chi connectivity index (χ1v) is 17.0. The topological polar surface area (TPSA) is 105 Å². The molecular weight excluding hydrogens is 725 g/mol. The van der Waals surface area contributed by atoms with Gasteiger partial charge in [0, 0.05) is 0 Å². The van der Waals surface area contributed by atoms with E-state index in [1.807, 2.05) is 41.5 Å². The van der Waals surface area contributed by atoms with Crippen molar-refractivity contribution in [3.8, 4) is 11.5 Å². The third-order valence-corrected chi connectivity index (χ3v) is 10.2. The molecule has 4 unspecified atom stereocenters. The Bertz CT molecular complexity index is 1340. The molecule has 2 rings (SSSR count). The minimum atomic E-state index is -1.65. The molecule has 14 heteroatoms. The third kappa shape index (κ3) is 10.0. The van der Waals surface area contributed by atoms with Crippen LogP contribution in [0.2, 0.25) is 30.1 Å². The van der Waals surface area contributed by atoms with Gasteiger partial charge in [-0.25, -0.2) is 19.2 Å². The summed E-state index contributed by atoms with van der Waals surface area (Å²) >= 11 is 37.4. The van der Waals surface area contributed by atoms with Crippen LogP contribution in [0.3, 0.4) is 0 Å². The fourth-order valence-corrected chi connectivity index (χ4v) is 5.97. The van der Waals surface area contributed by atoms with Crippen molar-refractivity contribution in [2.75, 3.05) is 13.2 Å². The lowest BCUT2D eigenvalue weighted by molar-refractivity contribution is -0.156. The van der Waals surface area contributed by atoms with Crippen LogP contribution >= 0.6 is 69.6 Å². The Labute approximate surface area is 299 Å². The van der Waals surface area contributed by atoms with Gasteiger partial charge in [-0.05, 0) is 48.6 Å². The number of benzene rings is 2. The molecule has 254 valence electrons. The lowest BCUT2D eigenvalue weighted by Crippen LogP contribution is -2.28. The molecule has 2 aromatic rings. The Hall–Kier alpha value is -1.94. The molecule has 4 atom stereocenters. The van der Waals surface area contributed by atoms with Crippen molar-refractivity contribution in [1.82, 2.24) is 0 Å². The van der Waals surface area contributed by atoms with Gasteiger partial charge < -0.3 is 18.9 Å². The van der Waals surface area contributed by atoms with Crippen molar-refractivity contribution < 1.29 is 38.1 Å². The summed E-state index contributed by atoms with van der Waals surface area (Å²) in [6.45, 7) is 12.1. The van der Waals surface area contributed by atoms with E-state index in [1.54, 1.807) is 0 Å². The van der Waals surface area contributed by atoms with E-state index < -0.39 is 46.5 Å². The van der Waals surface area contributed by atoms with E-state index in [4.69, 9.17) is 88.6 Å². The Balaban J connectivity index is 2.39. The monoisotopic (exact) mass is 758 g/mol. The van der Waals surface area contributed by atoms with Gasteiger partial charge in [0.2, 0.25) is 0 Å². The van der Waals surface area contributed by atoms with Gasteiger partial charge in [-0.2, -0.15) is 0 Å². The summed E-state index contributed by atoms with van der Waals surface area (Å²) in [5.74, 6) is -5.83.